The minimum Gasteiger partial charge on any atom is -0.479 e. The van der Waals surface area contributed by atoms with E-state index in [0.29, 0.717) is 27.5 Å². The van der Waals surface area contributed by atoms with E-state index in [1.807, 2.05) is 0 Å². The number of ether oxygens (including phenoxy) is 1. The molecule has 0 spiro atoms. The van der Waals surface area contributed by atoms with E-state index in [4.69, 9.17) is 21.4 Å². The van der Waals surface area contributed by atoms with Crippen molar-refractivity contribution in [1.82, 2.24) is 0 Å². The Kier molecular flexibility index (Phi) is 4.83. The first-order chi connectivity index (χ1) is 10.4. The van der Waals surface area contributed by atoms with Gasteiger partial charge in [0.05, 0.1) is 0 Å². The molecule has 0 saturated heterocycles. The van der Waals surface area contributed by atoms with Gasteiger partial charge in [0.2, 0.25) is 0 Å². The third kappa shape index (κ3) is 3.46. The topological polar surface area (TPSA) is 63.6 Å². The fourth-order valence-electron chi connectivity index (χ4n) is 1.99. The number of halogens is 1. The molecule has 114 valence electrons. The maximum Gasteiger partial charge on any atom is 0.344 e. The molecular formula is C17H15ClO4. The van der Waals surface area contributed by atoms with Gasteiger partial charge in [-0.1, -0.05) is 23.7 Å². The van der Waals surface area contributed by atoms with Gasteiger partial charge in [0.1, 0.15) is 5.75 Å². The highest BCUT2D eigenvalue weighted by atomic mass is 35.5. The summed E-state index contributed by atoms with van der Waals surface area (Å²) in [7, 11) is 0. The highest BCUT2D eigenvalue weighted by Gasteiger charge is 2.18. The Morgan fingerprint density at radius 1 is 1.14 bits per heavy atom. The summed E-state index contributed by atoms with van der Waals surface area (Å²) in [4.78, 5) is 23.4. The van der Waals surface area contributed by atoms with Gasteiger partial charge in [-0.25, -0.2) is 4.79 Å². The second kappa shape index (κ2) is 6.62. The van der Waals surface area contributed by atoms with E-state index in [2.05, 4.69) is 0 Å². The highest BCUT2D eigenvalue weighted by molar-refractivity contribution is 6.30. The zero-order valence-corrected chi connectivity index (χ0v) is 12.9. The highest BCUT2D eigenvalue weighted by Crippen LogP contribution is 2.25. The molecule has 0 unspecified atom stereocenters. The standard InChI is InChI=1S/C17H15ClO4/c1-10-14(16(19)12-6-8-13(18)9-7-12)4-3-5-15(10)22-11(2)17(20)21/h3-9,11H,1-2H3,(H,20,21)/t11-/m1/s1. The molecule has 0 aliphatic heterocycles. The van der Waals surface area contributed by atoms with Gasteiger partial charge >= 0.3 is 5.97 Å². The Morgan fingerprint density at radius 2 is 1.77 bits per heavy atom. The first-order valence-electron chi connectivity index (χ1n) is 6.69. The van der Waals surface area contributed by atoms with Gasteiger partial charge in [0.15, 0.2) is 11.9 Å². The zero-order valence-electron chi connectivity index (χ0n) is 12.2. The molecule has 2 rings (SSSR count). The molecule has 2 aromatic rings. The van der Waals surface area contributed by atoms with Crippen LogP contribution in [0.1, 0.15) is 28.4 Å². The molecule has 5 heteroatoms. The second-order valence-corrected chi connectivity index (χ2v) is 5.30. The number of carboxylic acids is 1. The Morgan fingerprint density at radius 3 is 2.36 bits per heavy atom. The minimum absolute atomic E-state index is 0.164. The number of carbonyl (C=O) groups excluding carboxylic acids is 1. The number of carboxylic acid groups (broad SMARTS) is 1. The number of rotatable bonds is 5. The summed E-state index contributed by atoms with van der Waals surface area (Å²) >= 11 is 5.82. The van der Waals surface area contributed by atoms with Crippen LogP contribution in [0.2, 0.25) is 5.02 Å². The fraction of sp³-hybridized carbons (Fsp3) is 0.176. The van der Waals surface area contributed by atoms with Crippen molar-refractivity contribution in [1.29, 1.82) is 0 Å². The molecule has 4 nitrogen and oxygen atoms in total. The summed E-state index contributed by atoms with van der Waals surface area (Å²) in [6, 6.07) is 11.6. The second-order valence-electron chi connectivity index (χ2n) is 4.86. The van der Waals surface area contributed by atoms with Crippen molar-refractivity contribution >= 4 is 23.4 Å². The molecular weight excluding hydrogens is 304 g/mol. The van der Waals surface area contributed by atoms with Crippen LogP contribution >= 0.6 is 11.6 Å². The SMILES string of the molecule is Cc1c(O[C@H](C)C(=O)O)cccc1C(=O)c1ccc(Cl)cc1. The van der Waals surface area contributed by atoms with Crippen LogP contribution in [0.5, 0.6) is 5.75 Å². The van der Waals surface area contributed by atoms with Crippen molar-refractivity contribution in [2.24, 2.45) is 0 Å². The van der Waals surface area contributed by atoms with Crippen LogP contribution in [0.3, 0.4) is 0 Å². The molecule has 0 fully saturated rings. The molecule has 22 heavy (non-hydrogen) atoms. The van der Waals surface area contributed by atoms with Gasteiger partial charge in [0, 0.05) is 21.7 Å². The minimum atomic E-state index is -1.06. The van der Waals surface area contributed by atoms with Gasteiger partial charge in [0.25, 0.3) is 0 Å². The fourth-order valence-corrected chi connectivity index (χ4v) is 2.11. The first-order valence-corrected chi connectivity index (χ1v) is 7.07. The summed E-state index contributed by atoms with van der Waals surface area (Å²) < 4.78 is 5.38. The molecule has 0 heterocycles. The van der Waals surface area contributed by atoms with E-state index in [9.17, 15) is 9.59 Å². The van der Waals surface area contributed by atoms with Gasteiger partial charge in [-0.15, -0.1) is 0 Å². The Hall–Kier alpha value is -2.33. The third-order valence-electron chi connectivity index (χ3n) is 3.29. The maximum absolute atomic E-state index is 12.5. The quantitative estimate of drug-likeness (QED) is 0.853. The Bertz CT molecular complexity index is 707. The summed E-state index contributed by atoms with van der Waals surface area (Å²) in [5.41, 5.74) is 1.59. The molecule has 0 aliphatic carbocycles. The predicted octanol–water partition coefficient (Wildman–Crippen LogP) is 3.73. The van der Waals surface area contributed by atoms with E-state index >= 15 is 0 Å². The van der Waals surface area contributed by atoms with Crippen molar-refractivity contribution in [2.75, 3.05) is 0 Å². The lowest BCUT2D eigenvalue weighted by atomic mass is 9.98. The maximum atomic E-state index is 12.5. The summed E-state index contributed by atoms with van der Waals surface area (Å²) in [6.45, 7) is 3.17. The smallest absolute Gasteiger partial charge is 0.344 e. The molecule has 0 amide bonds. The van der Waals surface area contributed by atoms with E-state index in [0.717, 1.165) is 0 Å². The van der Waals surface area contributed by atoms with Crippen molar-refractivity contribution < 1.29 is 19.4 Å². The number of carbonyl (C=O) groups is 2. The average Bonchev–Trinajstić information content (AvgIpc) is 2.49. The predicted molar refractivity (Wildman–Crippen MR) is 83.8 cm³/mol. The van der Waals surface area contributed by atoms with Crippen LogP contribution in [0.25, 0.3) is 0 Å². The van der Waals surface area contributed by atoms with Gasteiger partial charge in [-0.3, -0.25) is 4.79 Å². The van der Waals surface area contributed by atoms with Crippen molar-refractivity contribution in [3.05, 3.63) is 64.2 Å². The van der Waals surface area contributed by atoms with E-state index in [1.165, 1.54) is 6.92 Å². The molecule has 0 aromatic heterocycles. The third-order valence-corrected chi connectivity index (χ3v) is 3.54. The number of hydrogen-bond donors (Lipinski definition) is 1. The number of hydrogen-bond acceptors (Lipinski definition) is 3. The molecule has 0 saturated carbocycles. The summed E-state index contributed by atoms with van der Waals surface area (Å²) in [6.07, 6.45) is -0.986. The lowest BCUT2D eigenvalue weighted by Crippen LogP contribution is -2.23. The van der Waals surface area contributed by atoms with Crippen LogP contribution in [-0.4, -0.2) is 23.0 Å². The van der Waals surface area contributed by atoms with E-state index in [-0.39, 0.29) is 5.78 Å². The number of ketones is 1. The van der Waals surface area contributed by atoms with Gasteiger partial charge in [-0.2, -0.15) is 0 Å². The molecule has 1 N–H and O–H groups in total. The van der Waals surface area contributed by atoms with Crippen LogP contribution in [0.15, 0.2) is 42.5 Å². The Labute approximate surface area is 133 Å². The lowest BCUT2D eigenvalue weighted by molar-refractivity contribution is -0.144. The van der Waals surface area contributed by atoms with Crippen molar-refractivity contribution in [3.8, 4) is 5.75 Å². The lowest BCUT2D eigenvalue weighted by Gasteiger charge is -2.15. The normalized spacial score (nSPS) is 11.8. The van der Waals surface area contributed by atoms with Gasteiger partial charge in [-0.05, 0) is 44.2 Å². The van der Waals surface area contributed by atoms with Crippen LogP contribution in [0.4, 0.5) is 0 Å². The largest absolute Gasteiger partial charge is 0.479 e. The molecule has 1 atom stereocenters. The first kappa shape index (κ1) is 16.0. The zero-order chi connectivity index (χ0) is 16.3. The van der Waals surface area contributed by atoms with Crippen LogP contribution < -0.4 is 4.74 Å². The van der Waals surface area contributed by atoms with Crippen molar-refractivity contribution in [2.45, 2.75) is 20.0 Å². The van der Waals surface area contributed by atoms with Crippen LogP contribution in [-0.2, 0) is 4.79 Å². The number of aliphatic carboxylic acids is 1. The summed E-state index contributed by atoms with van der Waals surface area (Å²) in [5.74, 6) is -0.842. The summed E-state index contributed by atoms with van der Waals surface area (Å²) in [5, 5.41) is 9.47. The monoisotopic (exact) mass is 318 g/mol. The van der Waals surface area contributed by atoms with E-state index < -0.39 is 12.1 Å². The molecule has 0 radical (unpaired) electrons. The molecule has 0 bridgehead atoms. The van der Waals surface area contributed by atoms with E-state index in [1.54, 1.807) is 49.4 Å². The average molecular weight is 319 g/mol. The number of benzene rings is 2. The van der Waals surface area contributed by atoms with Crippen LogP contribution in [0, 0.1) is 6.92 Å². The Balaban J connectivity index is 2.34. The molecule has 2 aromatic carbocycles. The molecule has 0 aliphatic rings. The van der Waals surface area contributed by atoms with Gasteiger partial charge < -0.3 is 9.84 Å². The van der Waals surface area contributed by atoms with Crippen molar-refractivity contribution in [3.63, 3.8) is 0 Å².